The van der Waals surface area contributed by atoms with Crippen LogP contribution in [0.2, 0.25) is 0 Å². The van der Waals surface area contributed by atoms with Crippen LogP contribution in [-0.2, 0) is 9.53 Å². The Kier molecular flexibility index (Phi) is 4.52. The van der Waals surface area contributed by atoms with Crippen molar-refractivity contribution < 1.29 is 19.7 Å². The number of carbonyl (C=O) groups excluding carboxylic acids is 1. The summed E-state index contributed by atoms with van der Waals surface area (Å²) in [6.07, 6.45) is 1.05. The molecular weight excluding hydrogens is 312 g/mol. The summed E-state index contributed by atoms with van der Waals surface area (Å²) < 4.78 is 5.38. The molecule has 2 aliphatic rings. The molecule has 1 fully saturated rings. The van der Waals surface area contributed by atoms with E-state index in [4.69, 9.17) is 10.5 Å². The van der Waals surface area contributed by atoms with Crippen molar-refractivity contribution in [3.8, 4) is 0 Å². The number of aliphatic hydroxyl groups is 2. The van der Waals surface area contributed by atoms with E-state index in [1.54, 1.807) is 0 Å². The van der Waals surface area contributed by atoms with Crippen LogP contribution in [0.3, 0.4) is 0 Å². The van der Waals surface area contributed by atoms with E-state index in [2.05, 4.69) is 10.3 Å². The van der Waals surface area contributed by atoms with Crippen LogP contribution in [0.25, 0.3) is 0 Å². The number of nitrogens with two attached hydrogens (primary N) is 1. The smallest absolute Gasteiger partial charge is 0.268 e. The molecule has 0 spiro atoms. The molecule has 2 unspecified atom stereocenters. The molecule has 2 aliphatic heterocycles. The molecule has 8 heteroatoms. The highest BCUT2D eigenvalue weighted by molar-refractivity contribution is 5.98. The number of rotatable bonds is 4. The predicted molar refractivity (Wildman–Crippen MR) is 87.0 cm³/mol. The van der Waals surface area contributed by atoms with E-state index in [0.29, 0.717) is 26.3 Å². The third-order valence-corrected chi connectivity index (χ3v) is 4.10. The number of aliphatic imine (C=N–C) groups is 1. The van der Waals surface area contributed by atoms with Crippen LogP contribution >= 0.6 is 0 Å². The van der Waals surface area contributed by atoms with Crippen molar-refractivity contribution in [1.29, 1.82) is 0 Å². The van der Waals surface area contributed by atoms with E-state index < -0.39 is 23.6 Å². The number of aliphatic hydroxyl groups excluding tert-OH is 1. The number of hydrogen-bond donors (Lipinski definition) is 4. The lowest BCUT2D eigenvalue weighted by atomic mass is 9.98. The Labute approximate surface area is 139 Å². The van der Waals surface area contributed by atoms with Gasteiger partial charge in [-0.25, -0.2) is 4.99 Å². The second-order valence-corrected chi connectivity index (χ2v) is 5.70. The number of allylic oxidation sites excluding steroid dienone is 1. The molecule has 0 saturated carbocycles. The molecule has 1 aromatic carbocycles. The summed E-state index contributed by atoms with van der Waals surface area (Å²) in [4.78, 5) is 17.6. The van der Waals surface area contributed by atoms with Gasteiger partial charge in [0.05, 0.1) is 19.4 Å². The third-order valence-electron chi connectivity index (χ3n) is 4.10. The number of amides is 1. The summed E-state index contributed by atoms with van der Waals surface area (Å²) in [7, 11) is 0. The normalized spacial score (nSPS) is 26.0. The molecule has 0 bridgehead atoms. The number of hydrogen-bond acceptors (Lipinski definition) is 7. The maximum Gasteiger partial charge on any atom is 0.268 e. The minimum absolute atomic E-state index is 0.262. The van der Waals surface area contributed by atoms with E-state index in [-0.39, 0.29) is 5.70 Å². The maximum absolute atomic E-state index is 11.5. The maximum atomic E-state index is 11.5. The van der Waals surface area contributed by atoms with Crippen molar-refractivity contribution in [3.05, 3.63) is 47.4 Å². The number of nitrogens with zero attached hydrogens (tertiary/aromatic N) is 2. The summed E-state index contributed by atoms with van der Waals surface area (Å²) in [6.45, 7) is 2.27. The Morgan fingerprint density at radius 3 is 2.62 bits per heavy atom. The number of primary amides is 1. The van der Waals surface area contributed by atoms with Gasteiger partial charge in [-0.1, -0.05) is 30.3 Å². The summed E-state index contributed by atoms with van der Waals surface area (Å²) in [6, 6.07) is 8.76. The largest absolute Gasteiger partial charge is 0.504 e. The number of carbonyl (C=O) groups is 1. The number of ether oxygens (including phenoxy) is 1. The summed E-state index contributed by atoms with van der Waals surface area (Å²) in [5.74, 6) is -3.11. The second-order valence-electron chi connectivity index (χ2n) is 5.70. The average molecular weight is 332 g/mol. The summed E-state index contributed by atoms with van der Waals surface area (Å²) in [5.41, 5.74) is 5.82. The zero-order chi connectivity index (χ0) is 17.2. The minimum atomic E-state index is -1.84. The van der Waals surface area contributed by atoms with Gasteiger partial charge in [0.1, 0.15) is 11.7 Å². The molecule has 1 amide bonds. The summed E-state index contributed by atoms with van der Waals surface area (Å²) in [5, 5.41) is 23.5. The first-order chi connectivity index (χ1) is 11.5. The van der Waals surface area contributed by atoms with Crippen LogP contribution in [0.4, 0.5) is 0 Å². The fraction of sp³-hybridized carbons (Fsp3) is 0.375. The Hall–Kier alpha value is -2.42. The highest BCUT2D eigenvalue weighted by atomic mass is 16.5. The Morgan fingerprint density at radius 2 is 2.00 bits per heavy atom. The average Bonchev–Trinajstić information content (AvgIpc) is 2.59. The van der Waals surface area contributed by atoms with Crippen LogP contribution < -0.4 is 11.1 Å². The Bertz CT molecular complexity index is 670. The van der Waals surface area contributed by atoms with Crippen LogP contribution in [0, 0.1) is 0 Å². The minimum Gasteiger partial charge on any atom is -0.504 e. The van der Waals surface area contributed by atoms with Crippen molar-refractivity contribution in [1.82, 2.24) is 10.2 Å². The molecule has 1 saturated heterocycles. The molecule has 24 heavy (non-hydrogen) atoms. The fourth-order valence-corrected chi connectivity index (χ4v) is 3.00. The lowest BCUT2D eigenvalue weighted by molar-refractivity contribution is -0.119. The molecular formula is C16H20N4O4. The van der Waals surface area contributed by atoms with Gasteiger partial charge in [0, 0.05) is 13.1 Å². The number of nitrogens with one attached hydrogen (secondary N) is 1. The zero-order valence-corrected chi connectivity index (χ0v) is 13.1. The highest BCUT2D eigenvalue weighted by Gasteiger charge is 2.45. The van der Waals surface area contributed by atoms with Gasteiger partial charge >= 0.3 is 0 Å². The molecule has 5 N–H and O–H groups in total. The summed E-state index contributed by atoms with van der Waals surface area (Å²) >= 11 is 0. The Balaban J connectivity index is 1.99. The van der Waals surface area contributed by atoms with Crippen molar-refractivity contribution in [2.75, 3.05) is 26.3 Å². The van der Waals surface area contributed by atoms with Crippen molar-refractivity contribution in [2.24, 2.45) is 10.7 Å². The second kappa shape index (κ2) is 6.60. The standard InChI is InChI=1S/C16H20N4O4/c17-15(22)13-12(21)10-18-16(23,19-13)14(11-4-2-1-3-5-11)20-6-8-24-9-7-20/h1-5,10,14,19,21,23H,6-9H2,(H2,17,22). The van der Waals surface area contributed by atoms with E-state index in [1.807, 2.05) is 35.2 Å². The molecule has 3 rings (SSSR count). The monoisotopic (exact) mass is 332 g/mol. The fourth-order valence-electron chi connectivity index (χ4n) is 3.00. The first-order valence-corrected chi connectivity index (χ1v) is 7.67. The number of benzene rings is 1. The lowest BCUT2D eigenvalue weighted by Crippen LogP contribution is -2.58. The van der Waals surface area contributed by atoms with Crippen LogP contribution in [-0.4, -0.2) is 59.4 Å². The van der Waals surface area contributed by atoms with Gasteiger partial charge < -0.3 is 26.0 Å². The van der Waals surface area contributed by atoms with Crippen LogP contribution in [0.1, 0.15) is 11.6 Å². The molecule has 2 heterocycles. The van der Waals surface area contributed by atoms with Gasteiger partial charge in [0.25, 0.3) is 11.8 Å². The van der Waals surface area contributed by atoms with E-state index in [1.165, 1.54) is 0 Å². The third kappa shape index (κ3) is 3.12. The molecule has 1 aromatic rings. The van der Waals surface area contributed by atoms with E-state index in [0.717, 1.165) is 11.8 Å². The highest BCUT2D eigenvalue weighted by Crippen LogP contribution is 2.34. The van der Waals surface area contributed by atoms with E-state index in [9.17, 15) is 15.0 Å². The van der Waals surface area contributed by atoms with E-state index >= 15 is 0 Å². The van der Waals surface area contributed by atoms with Gasteiger partial charge in [-0.3, -0.25) is 9.69 Å². The lowest BCUT2D eigenvalue weighted by Gasteiger charge is -2.43. The van der Waals surface area contributed by atoms with Crippen molar-refractivity contribution >= 4 is 12.1 Å². The molecule has 128 valence electrons. The van der Waals surface area contributed by atoms with Gasteiger partial charge in [0.2, 0.25) is 0 Å². The predicted octanol–water partition coefficient (Wildman–Crippen LogP) is -0.365. The zero-order valence-electron chi connectivity index (χ0n) is 13.1. The van der Waals surface area contributed by atoms with Gasteiger partial charge in [-0.2, -0.15) is 0 Å². The molecule has 0 aliphatic carbocycles. The quantitative estimate of drug-likeness (QED) is 0.597. The van der Waals surface area contributed by atoms with Gasteiger partial charge in [0.15, 0.2) is 5.76 Å². The van der Waals surface area contributed by atoms with Gasteiger partial charge in [-0.05, 0) is 5.56 Å². The SMILES string of the molecule is NC(=O)C1=C(O)C=NC(O)(C(c2ccccc2)N2CCOCC2)N1. The van der Waals surface area contributed by atoms with Crippen molar-refractivity contribution in [3.63, 3.8) is 0 Å². The number of morpholine rings is 1. The topological polar surface area (TPSA) is 120 Å². The first kappa shape index (κ1) is 16.4. The molecule has 0 radical (unpaired) electrons. The molecule has 8 nitrogen and oxygen atoms in total. The molecule has 0 aromatic heterocycles. The molecule has 2 atom stereocenters. The van der Waals surface area contributed by atoms with Crippen LogP contribution in [0.15, 0.2) is 46.8 Å². The van der Waals surface area contributed by atoms with Gasteiger partial charge in [-0.15, -0.1) is 0 Å². The van der Waals surface area contributed by atoms with Crippen LogP contribution in [0.5, 0.6) is 0 Å². The Morgan fingerprint density at radius 1 is 1.33 bits per heavy atom. The van der Waals surface area contributed by atoms with Crippen molar-refractivity contribution in [2.45, 2.75) is 11.9 Å². The first-order valence-electron chi connectivity index (χ1n) is 7.67.